The van der Waals surface area contributed by atoms with Gasteiger partial charge in [-0.3, -0.25) is 0 Å². The Hall–Kier alpha value is -3.12. The van der Waals surface area contributed by atoms with Gasteiger partial charge in [0.2, 0.25) is 0 Å². The molecule has 0 N–H and O–H groups in total. The molecular weight excluding hydrogens is 384 g/mol. The second-order valence-corrected chi connectivity index (χ2v) is 8.79. The van der Waals surface area contributed by atoms with Crippen molar-refractivity contribution in [2.75, 3.05) is 7.11 Å². The Morgan fingerprint density at radius 3 is 2.31 bits per heavy atom. The Bertz CT molecular complexity index is 1290. The third-order valence-electron chi connectivity index (χ3n) is 5.09. The van der Waals surface area contributed by atoms with Crippen LogP contribution in [0, 0.1) is 13.8 Å². The number of methoxy groups -OCH3 is 1. The van der Waals surface area contributed by atoms with E-state index in [0.717, 1.165) is 16.7 Å². The van der Waals surface area contributed by atoms with Crippen LogP contribution in [0.5, 0.6) is 5.75 Å². The van der Waals surface area contributed by atoms with Crippen LogP contribution in [0.2, 0.25) is 0 Å². The Morgan fingerprint density at radius 1 is 0.931 bits per heavy atom. The molecule has 0 saturated carbocycles. The Balaban J connectivity index is 1.97. The van der Waals surface area contributed by atoms with Crippen molar-refractivity contribution >= 4 is 21.1 Å². The van der Waals surface area contributed by atoms with E-state index in [1.807, 2.05) is 62.4 Å². The lowest BCUT2D eigenvalue weighted by Gasteiger charge is -2.15. The Labute approximate surface area is 170 Å². The van der Waals surface area contributed by atoms with E-state index in [-0.39, 0.29) is 4.90 Å². The highest BCUT2D eigenvalue weighted by Gasteiger charge is 2.28. The molecule has 0 aliphatic rings. The Kier molecular flexibility index (Phi) is 4.88. The van der Waals surface area contributed by atoms with Crippen LogP contribution in [-0.2, 0) is 16.4 Å². The quantitative estimate of drug-likeness (QED) is 0.490. The maximum absolute atomic E-state index is 13.8. The molecule has 0 amide bonds. The van der Waals surface area contributed by atoms with Gasteiger partial charge in [0.15, 0.2) is 0 Å². The largest absolute Gasteiger partial charge is 0.495 e. The summed E-state index contributed by atoms with van der Waals surface area (Å²) in [6.07, 6.45) is 0.405. The summed E-state index contributed by atoms with van der Waals surface area (Å²) >= 11 is 0. The molecule has 5 nitrogen and oxygen atoms in total. The fourth-order valence-corrected chi connectivity index (χ4v) is 5.15. The van der Waals surface area contributed by atoms with Gasteiger partial charge in [-0.1, -0.05) is 42.5 Å². The predicted octanol–water partition coefficient (Wildman–Crippen LogP) is 4.49. The topological polar surface area (TPSA) is 61.2 Å². The summed E-state index contributed by atoms with van der Waals surface area (Å²) in [7, 11) is -2.44. The molecule has 0 unspecified atom stereocenters. The molecule has 0 spiro atoms. The minimum absolute atomic E-state index is 0.139. The molecule has 29 heavy (non-hydrogen) atoms. The molecule has 0 saturated heterocycles. The first-order valence-electron chi connectivity index (χ1n) is 9.33. The monoisotopic (exact) mass is 406 g/mol. The zero-order chi connectivity index (χ0) is 20.6. The number of aryl methyl sites for hydroxylation is 2. The van der Waals surface area contributed by atoms with Gasteiger partial charge in [-0.15, -0.1) is 0 Å². The lowest BCUT2D eigenvalue weighted by atomic mass is 10.1. The first-order chi connectivity index (χ1) is 13.9. The van der Waals surface area contributed by atoms with Crippen molar-refractivity contribution in [1.29, 1.82) is 0 Å². The van der Waals surface area contributed by atoms with E-state index in [1.165, 1.54) is 11.1 Å². The van der Waals surface area contributed by atoms with Gasteiger partial charge in [0.05, 0.1) is 18.1 Å². The Morgan fingerprint density at radius 2 is 1.59 bits per heavy atom. The predicted molar refractivity (Wildman–Crippen MR) is 114 cm³/mol. The number of ether oxygens (including phenoxy) is 1. The number of aromatic nitrogens is 2. The highest BCUT2D eigenvalue weighted by atomic mass is 32.2. The van der Waals surface area contributed by atoms with E-state index in [0.29, 0.717) is 29.0 Å². The molecule has 0 radical (unpaired) electrons. The fourth-order valence-electron chi connectivity index (χ4n) is 3.43. The lowest BCUT2D eigenvalue weighted by Crippen LogP contribution is -2.17. The number of imidazole rings is 1. The third kappa shape index (κ3) is 3.40. The highest BCUT2D eigenvalue weighted by Crippen LogP contribution is 2.32. The van der Waals surface area contributed by atoms with Gasteiger partial charge in [0, 0.05) is 6.42 Å². The van der Waals surface area contributed by atoms with E-state index in [1.54, 1.807) is 18.2 Å². The van der Waals surface area contributed by atoms with Crippen molar-refractivity contribution in [3.63, 3.8) is 0 Å². The molecule has 1 heterocycles. The standard InChI is InChI=1S/C23H22N2O3S/c1-16-13-21(28-3)22(14-17(16)2)29(26,27)25-20-12-8-7-11-19(20)24-23(25)15-18-9-5-4-6-10-18/h4-14H,15H2,1-3H3. The summed E-state index contributed by atoms with van der Waals surface area (Å²) in [5, 5.41) is 0. The van der Waals surface area contributed by atoms with Gasteiger partial charge in [-0.25, -0.2) is 17.4 Å². The normalized spacial score (nSPS) is 11.7. The maximum atomic E-state index is 13.8. The van der Waals surface area contributed by atoms with Gasteiger partial charge < -0.3 is 4.74 Å². The first-order valence-corrected chi connectivity index (χ1v) is 10.8. The average Bonchev–Trinajstić information content (AvgIpc) is 3.08. The van der Waals surface area contributed by atoms with E-state index in [4.69, 9.17) is 4.74 Å². The molecule has 0 atom stereocenters. The van der Waals surface area contributed by atoms with Crippen molar-refractivity contribution in [3.05, 3.63) is 89.2 Å². The minimum atomic E-state index is -3.93. The van der Waals surface area contributed by atoms with Crippen molar-refractivity contribution in [3.8, 4) is 5.75 Å². The van der Waals surface area contributed by atoms with Crippen molar-refractivity contribution in [1.82, 2.24) is 8.96 Å². The van der Waals surface area contributed by atoms with Gasteiger partial charge in [0.1, 0.15) is 16.5 Å². The molecule has 0 fully saturated rings. The molecule has 148 valence electrons. The van der Waals surface area contributed by atoms with Crippen molar-refractivity contribution in [2.45, 2.75) is 25.2 Å². The van der Waals surface area contributed by atoms with E-state index >= 15 is 0 Å². The number of benzene rings is 3. The van der Waals surface area contributed by atoms with Crippen molar-refractivity contribution in [2.24, 2.45) is 0 Å². The SMILES string of the molecule is COc1cc(C)c(C)cc1S(=O)(=O)n1c(Cc2ccccc2)nc2ccccc21. The van der Waals surface area contributed by atoms with E-state index in [2.05, 4.69) is 4.98 Å². The maximum Gasteiger partial charge on any atom is 0.273 e. The number of fused-ring (bicyclic) bond motifs is 1. The van der Waals surface area contributed by atoms with Gasteiger partial charge >= 0.3 is 0 Å². The number of hydrogen-bond donors (Lipinski definition) is 0. The molecule has 4 rings (SSSR count). The van der Waals surface area contributed by atoms with Crippen molar-refractivity contribution < 1.29 is 13.2 Å². The molecule has 0 aliphatic heterocycles. The van der Waals surface area contributed by atoms with Crippen LogP contribution < -0.4 is 4.74 Å². The fraction of sp³-hybridized carbons (Fsp3) is 0.174. The van der Waals surface area contributed by atoms with Crippen LogP contribution in [0.3, 0.4) is 0 Å². The molecule has 4 aromatic rings. The molecule has 1 aromatic heterocycles. The number of nitrogens with zero attached hydrogens (tertiary/aromatic N) is 2. The number of hydrogen-bond acceptors (Lipinski definition) is 4. The van der Waals surface area contributed by atoms with Gasteiger partial charge in [-0.05, 0) is 54.8 Å². The van der Waals surface area contributed by atoms with Crippen LogP contribution in [0.1, 0.15) is 22.5 Å². The zero-order valence-electron chi connectivity index (χ0n) is 16.6. The smallest absolute Gasteiger partial charge is 0.273 e. The molecule has 0 aliphatic carbocycles. The summed E-state index contributed by atoms with van der Waals surface area (Å²) in [6, 6.07) is 20.4. The van der Waals surface area contributed by atoms with Crippen LogP contribution in [0.15, 0.2) is 71.6 Å². The van der Waals surface area contributed by atoms with Gasteiger partial charge in [-0.2, -0.15) is 0 Å². The third-order valence-corrected chi connectivity index (χ3v) is 6.85. The van der Waals surface area contributed by atoms with Crippen LogP contribution >= 0.6 is 0 Å². The first kappa shape index (κ1) is 19.2. The second kappa shape index (κ2) is 7.37. The summed E-state index contributed by atoms with van der Waals surface area (Å²) < 4.78 is 34.4. The molecule has 3 aromatic carbocycles. The summed E-state index contributed by atoms with van der Waals surface area (Å²) in [4.78, 5) is 4.78. The number of para-hydroxylation sites is 2. The average molecular weight is 407 g/mol. The lowest BCUT2D eigenvalue weighted by molar-refractivity contribution is 0.402. The molecule has 6 heteroatoms. The molecule has 0 bridgehead atoms. The van der Waals surface area contributed by atoms with Gasteiger partial charge in [0.25, 0.3) is 10.0 Å². The minimum Gasteiger partial charge on any atom is -0.495 e. The summed E-state index contributed by atoms with van der Waals surface area (Å²) in [5.41, 5.74) is 4.05. The number of rotatable bonds is 5. The summed E-state index contributed by atoms with van der Waals surface area (Å²) in [6.45, 7) is 3.83. The highest BCUT2D eigenvalue weighted by molar-refractivity contribution is 7.90. The summed E-state index contributed by atoms with van der Waals surface area (Å²) in [5.74, 6) is 0.800. The zero-order valence-corrected chi connectivity index (χ0v) is 17.4. The van der Waals surface area contributed by atoms with Crippen LogP contribution in [-0.4, -0.2) is 24.5 Å². The van der Waals surface area contributed by atoms with E-state index < -0.39 is 10.0 Å². The molecular formula is C23H22N2O3S. The second-order valence-electron chi connectivity index (χ2n) is 7.04. The van der Waals surface area contributed by atoms with Crippen LogP contribution in [0.25, 0.3) is 11.0 Å². The van der Waals surface area contributed by atoms with E-state index in [9.17, 15) is 8.42 Å². The van der Waals surface area contributed by atoms with Crippen LogP contribution in [0.4, 0.5) is 0 Å².